The number of hydrogen-bond donors (Lipinski definition) is 1. The number of nitrogens with zero attached hydrogens (tertiary/aromatic N) is 1. The smallest absolute Gasteiger partial charge is 0.335 e. The van der Waals surface area contributed by atoms with E-state index in [9.17, 15) is 14.4 Å². The van der Waals surface area contributed by atoms with E-state index < -0.39 is 17.8 Å². The average Bonchev–Trinajstić information content (AvgIpc) is 2.88. The quantitative estimate of drug-likeness (QED) is 0.230. The number of benzene rings is 4. The highest BCUT2D eigenvalue weighted by Crippen LogP contribution is 2.33. The lowest BCUT2D eigenvalue weighted by Gasteiger charge is -2.28. The van der Waals surface area contributed by atoms with E-state index in [1.807, 2.05) is 48.5 Å². The second-order valence-corrected chi connectivity index (χ2v) is 9.31. The van der Waals surface area contributed by atoms with Crippen molar-refractivity contribution >= 4 is 63.6 Å². The van der Waals surface area contributed by atoms with E-state index in [1.54, 1.807) is 31.2 Å². The minimum atomic E-state index is -0.842. The van der Waals surface area contributed by atoms with Gasteiger partial charge in [-0.2, -0.15) is 0 Å². The number of imide groups is 2. The van der Waals surface area contributed by atoms with Gasteiger partial charge in [-0.05, 0) is 53.6 Å². The van der Waals surface area contributed by atoms with Gasteiger partial charge in [-0.15, -0.1) is 0 Å². The van der Waals surface area contributed by atoms with Gasteiger partial charge in [0.2, 0.25) is 0 Å². The largest absolute Gasteiger partial charge is 0.488 e. The zero-order valence-corrected chi connectivity index (χ0v) is 21.1. The third kappa shape index (κ3) is 4.81. The molecule has 5 rings (SSSR count). The number of carbonyl (C=O) groups excluding carboxylic acids is 3. The first kappa shape index (κ1) is 24.6. The van der Waals surface area contributed by atoms with Gasteiger partial charge in [-0.25, -0.2) is 9.69 Å². The van der Waals surface area contributed by atoms with Crippen LogP contribution in [0.4, 0.5) is 10.5 Å². The Balaban J connectivity index is 1.61. The molecule has 37 heavy (non-hydrogen) atoms. The van der Waals surface area contributed by atoms with Crippen LogP contribution in [0.25, 0.3) is 16.8 Å². The molecule has 0 atom stereocenters. The Labute approximate surface area is 223 Å². The van der Waals surface area contributed by atoms with Crippen molar-refractivity contribution in [2.75, 3.05) is 4.90 Å². The first-order chi connectivity index (χ1) is 17.8. The lowest BCUT2D eigenvalue weighted by Crippen LogP contribution is -2.54. The van der Waals surface area contributed by atoms with Gasteiger partial charge in [-0.3, -0.25) is 14.9 Å². The number of aryl methyl sites for hydroxylation is 1. The van der Waals surface area contributed by atoms with E-state index >= 15 is 0 Å². The molecule has 4 amide bonds. The first-order valence-corrected chi connectivity index (χ1v) is 12.1. The molecule has 0 aromatic heterocycles. The molecule has 1 aliphatic rings. The molecule has 0 bridgehead atoms. The third-order valence-electron chi connectivity index (χ3n) is 6.07. The van der Waals surface area contributed by atoms with Gasteiger partial charge in [-0.1, -0.05) is 77.8 Å². The van der Waals surface area contributed by atoms with Crippen molar-refractivity contribution in [3.05, 3.63) is 111 Å². The summed E-state index contributed by atoms with van der Waals surface area (Å²) in [6, 6.07) is 22.6. The molecular weight excluding hydrogens is 511 g/mol. The van der Waals surface area contributed by atoms with E-state index in [0.717, 1.165) is 21.2 Å². The summed E-state index contributed by atoms with van der Waals surface area (Å²) >= 11 is 12.4. The molecule has 1 N–H and O–H groups in total. The molecule has 0 spiro atoms. The molecule has 0 saturated carbocycles. The maximum Gasteiger partial charge on any atom is 0.335 e. The number of hydrogen-bond acceptors (Lipinski definition) is 4. The fourth-order valence-corrected chi connectivity index (χ4v) is 4.52. The molecule has 1 aliphatic heterocycles. The second-order valence-electron chi connectivity index (χ2n) is 8.47. The van der Waals surface area contributed by atoms with Crippen molar-refractivity contribution in [3.8, 4) is 5.75 Å². The topological polar surface area (TPSA) is 75.7 Å². The first-order valence-electron chi connectivity index (χ1n) is 11.4. The Kier molecular flexibility index (Phi) is 6.70. The SMILES string of the molecule is Cc1ccc(Cl)cc1N1C(=O)NC(=O)/C(=C\c2c(OCc3ccccc3Cl)ccc3ccccc23)C1=O. The van der Waals surface area contributed by atoms with Crippen molar-refractivity contribution in [2.45, 2.75) is 13.5 Å². The Morgan fingerprint density at radius 3 is 2.49 bits per heavy atom. The summed E-state index contributed by atoms with van der Waals surface area (Å²) in [4.78, 5) is 40.1. The molecule has 1 fully saturated rings. The summed E-state index contributed by atoms with van der Waals surface area (Å²) in [6.45, 7) is 1.93. The molecule has 0 unspecified atom stereocenters. The Morgan fingerprint density at radius 2 is 1.68 bits per heavy atom. The minimum Gasteiger partial charge on any atom is -0.488 e. The molecule has 4 aromatic rings. The third-order valence-corrected chi connectivity index (χ3v) is 6.68. The summed E-state index contributed by atoms with van der Waals surface area (Å²) < 4.78 is 6.12. The second kappa shape index (κ2) is 10.1. The average molecular weight is 531 g/mol. The number of halogens is 2. The molecule has 0 radical (unpaired) electrons. The van der Waals surface area contributed by atoms with Crippen LogP contribution in [0.2, 0.25) is 10.0 Å². The number of fused-ring (bicyclic) bond motifs is 1. The Bertz CT molecular complexity index is 1610. The fourth-order valence-electron chi connectivity index (χ4n) is 4.17. The summed E-state index contributed by atoms with van der Waals surface area (Å²) in [5.74, 6) is -1.10. The van der Waals surface area contributed by atoms with Crippen molar-refractivity contribution in [2.24, 2.45) is 0 Å². The van der Waals surface area contributed by atoms with Crippen molar-refractivity contribution in [3.63, 3.8) is 0 Å². The molecule has 1 saturated heterocycles. The monoisotopic (exact) mass is 530 g/mol. The molecule has 1 heterocycles. The number of barbiturate groups is 1. The van der Waals surface area contributed by atoms with Gasteiger partial charge >= 0.3 is 6.03 Å². The number of nitrogens with one attached hydrogen (secondary N) is 1. The van der Waals surface area contributed by atoms with Crippen LogP contribution in [0.15, 0.2) is 84.4 Å². The number of anilines is 1. The zero-order chi connectivity index (χ0) is 26.1. The molecular formula is C29H20Cl2N2O4. The van der Waals surface area contributed by atoms with Crippen molar-refractivity contribution < 1.29 is 19.1 Å². The molecule has 4 aromatic carbocycles. The van der Waals surface area contributed by atoms with Crippen LogP contribution in [0.3, 0.4) is 0 Å². The number of carbonyl (C=O) groups is 3. The van der Waals surface area contributed by atoms with Gasteiger partial charge in [0, 0.05) is 21.2 Å². The van der Waals surface area contributed by atoms with Crippen LogP contribution >= 0.6 is 23.2 Å². The molecule has 184 valence electrons. The summed E-state index contributed by atoms with van der Waals surface area (Å²) in [5, 5.41) is 4.85. The molecule has 6 nitrogen and oxygen atoms in total. The van der Waals surface area contributed by atoms with Gasteiger partial charge in [0.15, 0.2) is 0 Å². The van der Waals surface area contributed by atoms with Gasteiger partial charge in [0.25, 0.3) is 11.8 Å². The van der Waals surface area contributed by atoms with Crippen LogP contribution in [-0.4, -0.2) is 17.8 Å². The Morgan fingerprint density at radius 1 is 0.919 bits per heavy atom. The van der Waals surface area contributed by atoms with Crippen LogP contribution < -0.4 is 15.0 Å². The van der Waals surface area contributed by atoms with E-state index in [2.05, 4.69) is 5.32 Å². The number of rotatable bonds is 5. The van der Waals surface area contributed by atoms with Crippen LogP contribution in [-0.2, 0) is 16.2 Å². The van der Waals surface area contributed by atoms with Crippen molar-refractivity contribution in [1.82, 2.24) is 5.32 Å². The van der Waals surface area contributed by atoms with Crippen LogP contribution in [0.1, 0.15) is 16.7 Å². The standard InChI is InChI=1S/C29H20Cl2N2O4/c1-17-10-12-20(30)14-25(17)33-28(35)23(27(34)32-29(33)36)15-22-21-8-4-2-6-18(21)11-13-26(22)37-16-19-7-3-5-9-24(19)31/h2-15H,16H2,1H3,(H,32,34,36)/b23-15+. The number of ether oxygens (including phenoxy) is 1. The summed E-state index contributed by atoms with van der Waals surface area (Å²) in [6.07, 6.45) is 1.46. The van der Waals surface area contributed by atoms with Gasteiger partial charge < -0.3 is 4.74 Å². The van der Waals surface area contributed by atoms with Gasteiger partial charge in [0.05, 0.1) is 5.69 Å². The van der Waals surface area contributed by atoms with Crippen LogP contribution in [0.5, 0.6) is 5.75 Å². The zero-order valence-electron chi connectivity index (χ0n) is 19.6. The van der Waals surface area contributed by atoms with Gasteiger partial charge in [0.1, 0.15) is 17.9 Å². The maximum atomic E-state index is 13.6. The summed E-state index contributed by atoms with van der Waals surface area (Å²) in [7, 11) is 0. The summed E-state index contributed by atoms with van der Waals surface area (Å²) in [5.41, 5.74) is 2.05. The molecule has 8 heteroatoms. The highest BCUT2D eigenvalue weighted by atomic mass is 35.5. The predicted molar refractivity (Wildman–Crippen MR) is 145 cm³/mol. The van der Waals surface area contributed by atoms with E-state index in [4.69, 9.17) is 27.9 Å². The van der Waals surface area contributed by atoms with Crippen LogP contribution in [0, 0.1) is 6.92 Å². The van der Waals surface area contributed by atoms with Crippen molar-refractivity contribution in [1.29, 1.82) is 0 Å². The minimum absolute atomic E-state index is 0.181. The lowest BCUT2D eigenvalue weighted by molar-refractivity contribution is -0.122. The number of urea groups is 1. The normalized spacial score (nSPS) is 14.8. The highest BCUT2D eigenvalue weighted by Gasteiger charge is 2.37. The predicted octanol–water partition coefficient (Wildman–Crippen LogP) is 6.70. The van der Waals surface area contributed by atoms with E-state index in [0.29, 0.717) is 32.6 Å². The van der Waals surface area contributed by atoms with E-state index in [1.165, 1.54) is 12.1 Å². The lowest BCUT2D eigenvalue weighted by atomic mass is 9.99. The Hall–Kier alpha value is -4.13. The maximum absolute atomic E-state index is 13.6. The fraction of sp³-hybridized carbons (Fsp3) is 0.0690. The van der Waals surface area contributed by atoms with E-state index in [-0.39, 0.29) is 12.2 Å². The number of amides is 4. The molecule has 0 aliphatic carbocycles. The highest BCUT2D eigenvalue weighted by molar-refractivity contribution is 6.40.